The van der Waals surface area contributed by atoms with Crippen molar-refractivity contribution in [3.05, 3.63) is 51.9 Å². The molecule has 2 aliphatic heterocycles. The van der Waals surface area contributed by atoms with Crippen molar-refractivity contribution in [1.29, 1.82) is 0 Å². The van der Waals surface area contributed by atoms with Crippen LogP contribution in [0, 0.1) is 5.41 Å². The maximum absolute atomic E-state index is 13.2. The molecule has 1 N–H and O–H groups in total. The summed E-state index contributed by atoms with van der Waals surface area (Å²) < 4.78 is 13.8. The molecular formula is C27H32N4O3S. The van der Waals surface area contributed by atoms with E-state index in [0.29, 0.717) is 12.2 Å². The van der Waals surface area contributed by atoms with Gasteiger partial charge in [-0.1, -0.05) is 26.8 Å². The fraction of sp³-hybridized carbons (Fsp3) is 0.407. The van der Waals surface area contributed by atoms with Crippen LogP contribution in [0.4, 0.5) is 0 Å². The number of benzene rings is 1. The second kappa shape index (κ2) is 9.17. The number of ether oxygens (including phenoxy) is 2. The Bertz CT molecular complexity index is 1280. The van der Waals surface area contributed by atoms with E-state index < -0.39 is 0 Å². The number of fused-ring (bicyclic) bond motifs is 3. The number of likely N-dealkylation sites (N-methyl/N-ethyl adjacent to an activating group) is 1. The molecule has 0 bridgehead atoms. The zero-order chi connectivity index (χ0) is 24.7. The van der Waals surface area contributed by atoms with Gasteiger partial charge in [-0.25, -0.2) is 4.68 Å². The van der Waals surface area contributed by atoms with Crippen LogP contribution >= 0.6 is 11.3 Å². The van der Waals surface area contributed by atoms with Crippen LogP contribution in [0.5, 0.6) is 11.5 Å². The quantitative estimate of drug-likeness (QED) is 0.543. The molecule has 0 saturated carbocycles. The molecule has 184 valence electrons. The summed E-state index contributed by atoms with van der Waals surface area (Å²) in [6.45, 7) is 9.02. The highest BCUT2D eigenvalue weighted by atomic mass is 32.1. The summed E-state index contributed by atoms with van der Waals surface area (Å²) in [7, 11) is 3.83. The number of carbonyl (C=O) groups is 1. The van der Waals surface area contributed by atoms with Crippen molar-refractivity contribution in [2.24, 2.45) is 5.41 Å². The predicted molar refractivity (Wildman–Crippen MR) is 140 cm³/mol. The first kappa shape index (κ1) is 23.6. The lowest BCUT2D eigenvalue weighted by molar-refractivity contribution is 0.0931. The first-order valence-electron chi connectivity index (χ1n) is 11.9. The molecule has 1 aromatic carbocycles. The number of hydrogen-bond donors (Lipinski definition) is 1. The summed E-state index contributed by atoms with van der Waals surface area (Å²) in [5.41, 5.74) is 6.23. The van der Waals surface area contributed by atoms with E-state index in [9.17, 15) is 4.79 Å². The first-order valence-corrected chi connectivity index (χ1v) is 12.9. The SMILES string of the molecule is COc1cc2c(cc1C1=CCCN(C)C1)-c1c(c(C(=O)NCC(C)(C)C)nn1-c1ccsc1)CO2. The molecule has 1 amide bonds. The molecule has 5 rings (SSSR count). The molecule has 8 heteroatoms. The van der Waals surface area contributed by atoms with Gasteiger partial charge in [0.25, 0.3) is 5.91 Å². The van der Waals surface area contributed by atoms with Crippen molar-refractivity contribution in [2.75, 3.05) is 33.8 Å². The second-order valence-corrected chi connectivity index (χ2v) is 11.2. The molecule has 0 fully saturated rings. The Morgan fingerprint density at radius 2 is 2.11 bits per heavy atom. The lowest BCUT2D eigenvalue weighted by Crippen LogP contribution is -2.33. The fourth-order valence-electron chi connectivity index (χ4n) is 4.56. The number of rotatable bonds is 5. The molecular weight excluding hydrogens is 460 g/mol. The normalized spacial score (nSPS) is 15.6. The molecule has 0 spiro atoms. The number of aromatic nitrogens is 2. The Balaban J connectivity index is 1.66. The summed E-state index contributed by atoms with van der Waals surface area (Å²) in [5.74, 6) is 1.35. The van der Waals surface area contributed by atoms with Gasteiger partial charge in [-0.3, -0.25) is 4.79 Å². The van der Waals surface area contributed by atoms with Gasteiger partial charge in [0.1, 0.15) is 18.1 Å². The number of methoxy groups -OCH3 is 1. The monoisotopic (exact) mass is 492 g/mol. The second-order valence-electron chi connectivity index (χ2n) is 10.4. The Morgan fingerprint density at radius 3 is 2.80 bits per heavy atom. The summed E-state index contributed by atoms with van der Waals surface area (Å²) in [6, 6.07) is 6.12. The minimum absolute atomic E-state index is 0.0267. The Hall–Kier alpha value is -3.10. The van der Waals surface area contributed by atoms with Crippen LogP contribution in [0.2, 0.25) is 0 Å². The van der Waals surface area contributed by atoms with E-state index >= 15 is 0 Å². The molecule has 7 nitrogen and oxygen atoms in total. The Morgan fingerprint density at radius 1 is 1.29 bits per heavy atom. The summed E-state index contributed by atoms with van der Waals surface area (Å²) >= 11 is 1.60. The van der Waals surface area contributed by atoms with Crippen molar-refractivity contribution in [3.63, 3.8) is 0 Å². The lowest BCUT2D eigenvalue weighted by atomic mass is 9.94. The van der Waals surface area contributed by atoms with Crippen LogP contribution in [0.3, 0.4) is 0 Å². The molecule has 2 aliphatic rings. The molecule has 0 radical (unpaired) electrons. The summed E-state index contributed by atoms with van der Waals surface area (Å²) in [5, 5.41) is 11.9. The van der Waals surface area contributed by atoms with Gasteiger partial charge in [-0.15, -0.1) is 0 Å². The number of hydrogen-bond acceptors (Lipinski definition) is 6. The van der Waals surface area contributed by atoms with E-state index in [0.717, 1.165) is 59.1 Å². The van der Waals surface area contributed by atoms with Gasteiger partial charge in [0, 0.05) is 47.8 Å². The smallest absolute Gasteiger partial charge is 0.272 e. The molecule has 0 atom stereocenters. The molecule has 3 aromatic rings. The number of nitrogens with one attached hydrogen (secondary N) is 1. The minimum Gasteiger partial charge on any atom is -0.496 e. The van der Waals surface area contributed by atoms with Gasteiger partial charge in [0.05, 0.1) is 18.5 Å². The molecule has 35 heavy (non-hydrogen) atoms. The van der Waals surface area contributed by atoms with E-state index in [2.05, 4.69) is 50.2 Å². The van der Waals surface area contributed by atoms with Crippen LogP contribution in [-0.4, -0.2) is 54.4 Å². The fourth-order valence-corrected chi connectivity index (χ4v) is 5.18. The maximum Gasteiger partial charge on any atom is 0.272 e. The minimum atomic E-state index is -0.178. The van der Waals surface area contributed by atoms with Gasteiger partial charge in [-0.2, -0.15) is 16.4 Å². The zero-order valence-corrected chi connectivity index (χ0v) is 21.8. The van der Waals surface area contributed by atoms with Gasteiger partial charge in [-0.05, 0) is 42.0 Å². The van der Waals surface area contributed by atoms with E-state index in [-0.39, 0.29) is 17.9 Å². The predicted octanol–water partition coefficient (Wildman–Crippen LogP) is 5.00. The lowest BCUT2D eigenvalue weighted by Gasteiger charge is -2.26. The molecule has 0 aliphatic carbocycles. The number of carbonyl (C=O) groups excluding carboxylic acids is 1. The van der Waals surface area contributed by atoms with E-state index in [1.807, 2.05) is 27.6 Å². The van der Waals surface area contributed by atoms with Crippen LogP contribution < -0.4 is 14.8 Å². The maximum atomic E-state index is 13.2. The molecule has 0 saturated heterocycles. The Labute approximate surface area is 210 Å². The molecule has 2 aromatic heterocycles. The van der Waals surface area contributed by atoms with E-state index in [1.165, 1.54) is 5.57 Å². The average molecular weight is 493 g/mol. The van der Waals surface area contributed by atoms with Crippen molar-refractivity contribution in [3.8, 4) is 28.4 Å². The van der Waals surface area contributed by atoms with Crippen molar-refractivity contribution in [1.82, 2.24) is 20.0 Å². The molecule has 4 heterocycles. The number of nitrogens with zero attached hydrogens (tertiary/aromatic N) is 3. The third-order valence-electron chi connectivity index (χ3n) is 6.35. The van der Waals surface area contributed by atoms with Crippen LogP contribution in [0.25, 0.3) is 22.5 Å². The topological polar surface area (TPSA) is 68.6 Å². The van der Waals surface area contributed by atoms with Crippen molar-refractivity contribution >= 4 is 22.8 Å². The van der Waals surface area contributed by atoms with Gasteiger partial charge in [0.2, 0.25) is 0 Å². The standard InChI is InChI=1S/C27H32N4O3S/c1-27(2,3)16-28-26(32)24-21-14-34-23-12-22(33-5)19(17-7-6-9-30(4)13-17)11-20(23)25(21)31(29-24)18-8-10-35-15-18/h7-8,10-12,15H,6,9,13-14,16H2,1-5H3,(H,28,32). The van der Waals surface area contributed by atoms with Crippen LogP contribution in [0.15, 0.2) is 35.0 Å². The van der Waals surface area contributed by atoms with Crippen molar-refractivity contribution < 1.29 is 14.3 Å². The summed E-state index contributed by atoms with van der Waals surface area (Å²) in [6.07, 6.45) is 3.29. The van der Waals surface area contributed by atoms with E-state index in [1.54, 1.807) is 18.4 Å². The largest absolute Gasteiger partial charge is 0.496 e. The molecule has 0 unspecified atom stereocenters. The van der Waals surface area contributed by atoms with Gasteiger partial charge < -0.3 is 19.7 Å². The Kier molecular flexibility index (Phi) is 6.19. The van der Waals surface area contributed by atoms with Crippen LogP contribution in [0.1, 0.15) is 48.8 Å². The van der Waals surface area contributed by atoms with Crippen molar-refractivity contribution in [2.45, 2.75) is 33.8 Å². The number of amides is 1. The number of thiophene rings is 1. The van der Waals surface area contributed by atoms with E-state index in [4.69, 9.17) is 14.6 Å². The third kappa shape index (κ3) is 4.60. The first-order chi connectivity index (χ1) is 16.7. The average Bonchev–Trinajstić information content (AvgIpc) is 3.49. The van der Waals surface area contributed by atoms with Gasteiger partial charge >= 0.3 is 0 Å². The zero-order valence-electron chi connectivity index (χ0n) is 21.0. The highest BCUT2D eigenvalue weighted by Crippen LogP contribution is 2.45. The third-order valence-corrected chi connectivity index (χ3v) is 7.02. The highest BCUT2D eigenvalue weighted by Gasteiger charge is 2.32. The highest BCUT2D eigenvalue weighted by molar-refractivity contribution is 7.08. The van der Waals surface area contributed by atoms with Gasteiger partial charge in [0.15, 0.2) is 5.69 Å². The van der Waals surface area contributed by atoms with Crippen LogP contribution in [-0.2, 0) is 6.61 Å². The summed E-state index contributed by atoms with van der Waals surface area (Å²) in [4.78, 5) is 15.5.